The molecule has 1 aromatic heterocycles. The maximum absolute atomic E-state index is 11.9. The lowest BCUT2D eigenvalue weighted by molar-refractivity contribution is 0.0650. The van der Waals surface area contributed by atoms with E-state index in [0.29, 0.717) is 5.69 Å². The number of H-pyrrole nitrogens is 1. The lowest BCUT2D eigenvalue weighted by Crippen LogP contribution is -2.52. The molecule has 5 heteroatoms. The van der Waals surface area contributed by atoms with Crippen LogP contribution in [0, 0.1) is 0 Å². The average molecular weight is 194 g/mol. The number of hydrogen-bond acceptors (Lipinski definition) is 3. The maximum Gasteiger partial charge on any atom is 0.272 e. The van der Waals surface area contributed by atoms with Gasteiger partial charge < -0.3 is 15.2 Å². The van der Waals surface area contributed by atoms with Crippen LogP contribution in [0.25, 0.3) is 0 Å². The fourth-order valence-electron chi connectivity index (χ4n) is 1.67. The van der Waals surface area contributed by atoms with Gasteiger partial charge in [-0.05, 0) is 6.92 Å². The van der Waals surface area contributed by atoms with E-state index < -0.39 is 0 Å². The summed E-state index contributed by atoms with van der Waals surface area (Å²) in [6.07, 6.45) is 3.09. The van der Waals surface area contributed by atoms with Crippen LogP contribution in [0.4, 0.5) is 0 Å². The number of carbonyl (C=O) groups is 1. The normalized spacial score (nSPS) is 22.4. The zero-order valence-corrected chi connectivity index (χ0v) is 8.16. The van der Waals surface area contributed by atoms with Crippen molar-refractivity contribution in [1.82, 2.24) is 20.2 Å². The molecule has 14 heavy (non-hydrogen) atoms. The molecular weight excluding hydrogens is 180 g/mol. The zero-order valence-electron chi connectivity index (χ0n) is 8.16. The summed E-state index contributed by atoms with van der Waals surface area (Å²) >= 11 is 0. The second-order valence-corrected chi connectivity index (χ2v) is 3.52. The number of imidazole rings is 1. The van der Waals surface area contributed by atoms with Crippen LogP contribution in [0.5, 0.6) is 0 Å². The molecular formula is C9H14N4O. The fourth-order valence-corrected chi connectivity index (χ4v) is 1.67. The van der Waals surface area contributed by atoms with Crippen molar-refractivity contribution in [2.75, 3.05) is 19.6 Å². The molecule has 0 spiro atoms. The van der Waals surface area contributed by atoms with Crippen molar-refractivity contribution in [3.05, 3.63) is 18.2 Å². The van der Waals surface area contributed by atoms with Gasteiger partial charge in [-0.2, -0.15) is 0 Å². The average Bonchev–Trinajstić information content (AvgIpc) is 2.70. The third-order valence-electron chi connectivity index (χ3n) is 2.49. The van der Waals surface area contributed by atoms with Crippen LogP contribution in [0.2, 0.25) is 0 Å². The molecule has 0 saturated carbocycles. The molecule has 1 unspecified atom stereocenters. The van der Waals surface area contributed by atoms with Crippen LogP contribution < -0.4 is 5.32 Å². The molecule has 2 rings (SSSR count). The predicted octanol–water partition coefficient (Wildman–Crippen LogP) is -0.156. The Hall–Kier alpha value is -1.36. The lowest BCUT2D eigenvalue weighted by Gasteiger charge is -2.33. The Morgan fingerprint density at radius 1 is 1.71 bits per heavy atom. The summed E-state index contributed by atoms with van der Waals surface area (Å²) in [6, 6.07) is 0.250. The smallest absolute Gasteiger partial charge is 0.272 e. The van der Waals surface area contributed by atoms with Crippen LogP contribution in [0.1, 0.15) is 17.4 Å². The summed E-state index contributed by atoms with van der Waals surface area (Å²) in [5, 5.41) is 3.24. The number of amides is 1. The number of carbonyl (C=O) groups excluding carboxylic acids is 1. The second kappa shape index (κ2) is 3.79. The summed E-state index contributed by atoms with van der Waals surface area (Å²) < 4.78 is 0. The minimum absolute atomic E-state index is 0.0384. The molecule has 5 nitrogen and oxygen atoms in total. The minimum Gasteiger partial charge on any atom is -0.341 e. The Bertz CT molecular complexity index is 309. The van der Waals surface area contributed by atoms with E-state index in [4.69, 9.17) is 0 Å². The molecule has 0 bridgehead atoms. The molecule has 0 radical (unpaired) electrons. The quantitative estimate of drug-likeness (QED) is 0.653. The Morgan fingerprint density at radius 3 is 3.21 bits per heavy atom. The van der Waals surface area contributed by atoms with Crippen LogP contribution >= 0.6 is 0 Å². The van der Waals surface area contributed by atoms with E-state index in [0.717, 1.165) is 19.6 Å². The van der Waals surface area contributed by atoms with Gasteiger partial charge in [0.15, 0.2) is 0 Å². The topological polar surface area (TPSA) is 61.0 Å². The number of rotatable bonds is 1. The van der Waals surface area contributed by atoms with Crippen molar-refractivity contribution in [1.29, 1.82) is 0 Å². The van der Waals surface area contributed by atoms with Gasteiger partial charge in [-0.1, -0.05) is 0 Å². The first-order chi connectivity index (χ1) is 6.79. The molecule has 1 fully saturated rings. The van der Waals surface area contributed by atoms with Crippen molar-refractivity contribution in [3.8, 4) is 0 Å². The van der Waals surface area contributed by atoms with Gasteiger partial charge in [0.05, 0.1) is 12.5 Å². The van der Waals surface area contributed by atoms with Crippen LogP contribution in [-0.4, -0.2) is 46.5 Å². The molecule has 76 valence electrons. The summed E-state index contributed by atoms with van der Waals surface area (Å²) in [4.78, 5) is 20.4. The molecule has 2 heterocycles. The molecule has 1 aromatic rings. The summed E-state index contributed by atoms with van der Waals surface area (Å²) in [5.74, 6) is 0.0384. The first-order valence-electron chi connectivity index (χ1n) is 4.79. The highest BCUT2D eigenvalue weighted by molar-refractivity contribution is 5.92. The van der Waals surface area contributed by atoms with Gasteiger partial charge in [-0.25, -0.2) is 4.98 Å². The highest BCUT2D eigenvalue weighted by Gasteiger charge is 2.24. The second-order valence-electron chi connectivity index (χ2n) is 3.52. The van der Waals surface area contributed by atoms with Crippen molar-refractivity contribution >= 4 is 5.91 Å². The zero-order chi connectivity index (χ0) is 9.97. The Balaban J connectivity index is 2.10. The van der Waals surface area contributed by atoms with Crippen molar-refractivity contribution < 1.29 is 4.79 Å². The fraction of sp³-hybridized carbons (Fsp3) is 0.556. The van der Waals surface area contributed by atoms with Gasteiger partial charge in [0.2, 0.25) is 0 Å². The molecule has 1 saturated heterocycles. The number of hydrogen-bond donors (Lipinski definition) is 2. The maximum atomic E-state index is 11.9. The largest absolute Gasteiger partial charge is 0.341 e. The highest BCUT2D eigenvalue weighted by Crippen LogP contribution is 2.07. The number of aromatic amines is 1. The Kier molecular flexibility index (Phi) is 2.49. The van der Waals surface area contributed by atoms with Gasteiger partial charge in [-0.15, -0.1) is 0 Å². The van der Waals surface area contributed by atoms with E-state index in [1.807, 2.05) is 11.8 Å². The van der Waals surface area contributed by atoms with E-state index in [9.17, 15) is 4.79 Å². The van der Waals surface area contributed by atoms with Crippen LogP contribution in [-0.2, 0) is 0 Å². The summed E-state index contributed by atoms with van der Waals surface area (Å²) in [6.45, 7) is 4.53. The summed E-state index contributed by atoms with van der Waals surface area (Å²) in [7, 11) is 0. The lowest BCUT2D eigenvalue weighted by atomic mass is 10.2. The monoisotopic (exact) mass is 194 g/mol. The molecule has 2 N–H and O–H groups in total. The minimum atomic E-state index is 0.0384. The Labute approximate surface area is 82.5 Å². The van der Waals surface area contributed by atoms with E-state index in [2.05, 4.69) is 15.3 Å². The standard InChI is InChI=1S/C9H14N4O/c1-7-4-10-2-3-13(7)9(14)8-5-11-6-12-8/h5-7,10H,2-4H2,1H3,(H,11,12). The summed E-state index contributed by atoms with van der Waals surface area (Å²) in [5.41, 5.74) is 0.568. The van der Waals surface area contributed by atoms with E-state index >= 15 is 0 Å². The van der Waals surface area contributed by atoms with Gasteiger partial charge in [0.1, 0.15) is 5.69 Å². The van der Waals surface area contributed by atoms with Gasteiger partial charge >= 0.3 is 0 Å². The third-order valence-corrected chi connectivity index (χ3v) is 2.49. The highest BCUT2D eigenvalue weighted by atomic mass is 16.2. The molecule has 0 aliphatic carbocycles. The van der Waals surface area contributed by atoms with Crippen LogP contribution in [0.15, 0.2) is 12.5 Å². The van der Waals surface area contributed by atoms with Crippen molar-refractivity contribution in [2.24, 2.45) is 0 Å². The SMILES string of the molecule is CC1CNCCN1C(=O)c1cnc[nH]1. The molecule has 1 aliphatic heterocycles. The first-order valence-corrected chi connectivity index (χ1v) is 4.79. The predicted molar refractivity (Wildman–Crippen MR) is 52.0 cm³/mol. The number of nitrogens with one attached hydrogen (secondary N) is 2. The number of aromatic nitrogens is 2. The first kappa shape index (κ1) is 9.21. The Morgan fingerprint density at radius 2 is 2.57 bits per heavy atom. The van der Waals surface area contributed by atoms with Gasteiger partial charge in [-0.3, -0.25) is 4.79 Å². The number of nitrogens with zero attached hydrogens (tertiary/aromatic N) is 2. The van der Waals surface area contributed by atoms with E-state index in [1.165, 1.54) is 6.33 Å². The molecule has 1 atom stereocenters. The number of piperazine rings is 1. The molecule has 0 aromatic carbocycles. The van der Waals surface area contributed by atoms with Crippen molar-refractivity contribution in [2.45, 2.75) is 13.0 Å². The van der Waals surface area contributed by atoms with E-state index in [-0.39, 0.29) is 11.9 Å². The molecule has 1 aliphatic rings. The van der Waals surface area contributed by atoms with Gasteiger partial charge in [0, 0.05) is 25.7 Å². The molecule has 1 amide bonds. The van der Waals surface area contributed by atoms with Gasteiger partial charge in [0.25, 0.3) is 5.91 Å². The van der Waals surface area contributed by atoms with E-state index in [1.54, 1.807) is 6.20 Å². The third kappa shape index (κ3) is 1.63. The van der Waals surface area contributed by atoms with Crippen molar-refractivity contribution in [3.63, 3.8) is 0 Å². The van der Waals surface area contributed by atoms with Crippen LogP contribution in [0.3, 0.4) is 0 Å².